The summed E-state index contributed by atoms with van der Waals surface area (Å²) in [6.07, 6.45) is 11.1. The zero-order valence-electron chi connectivity index (χ0n) is 12.5. The highest BCUT2D eigenvalue weighted by atomic mass is 32.2. The molecule has 1 aliphatic heterocycles. The Balaban J connectivity index is 1.67. The Bertz CT molecular complexity index is 578. The zero-order chi connectivity index (χ0) is 14.9. The second-order valence-electron chi connectivity index (χ2n) is 6.27. The number of rotatable bonds is 5. The van der Waals surface area contributed by atoms with E-state index in [1.165, 1.54) is 37.6 Å². The van der Waals surface area contributed by atoms with Crippen molar-refractivity contribution in [3.8, 4) is 0 Å². The maximum Gasteiger partial charge on any atom is 0.208 e. The number of imidazole rings is 1. The molecule has 1 aromatic rings. The average Bonchev–Trinajstić information content (AvgIpc) is 3.08. The van der Waals surface area contributed by atoms with Crippen LogP contribution in [0.3, 0.4) is 0 Å². The van der Waals surface area contributed by atoms with E-state index >= 15 is 0 Å². The number of aromatic nitrogens is 2. The van der Waals surface area contributed by atoms with Crippen molar-refractivity contribution in [3.63, 3.8) is 0 Å². The monoisotopic (exact) mass is 312 g/mol. The zero-order valence-corrected chi connectivity index (χ0v) is 13.3. The molecular weight excluding hydrogens is 288 g/mol. The van der Waals surface area contributed by atoms with Crippen LogP contribution in [0.15, 0.2) is 12.5 Å². The van der Waals surface area contributed by atoms with E-state index in [0.717, 1.165) is 19.5 Å². The Morgan fingerprint density at radius 1 is 1.38 bits per heavy atom. The maximum absolute atomic E-state index is 11.2. The lowest BCUT2D eigenvalue weighted by Gasteiger charge is -2.38. The van der Waals surface area contributed by atoms with Gasteiger partial charge in [-0.3, -0.25) is 4.90 Å². The van der Waals surface area contributed by atoms with Crippen LogP contribution < -0.4 is 4.72 Å². The van der Waals surface area contributed by atoms with Gasteiger partial charge in [0, 0.05) is 37.9 Å². The summed E-state index contributed by atoms with van der Waals surface area (Å²) in [4.78, 5) is 6.83. The van der Waals surface area contributed by atoms with Crippen molar-refractivity contribution in [2.45, 2.75) is 50.7 Å². The summed E-state index contributed by atoms with van der Waals surface area (Å²) in [5.74, 6) is 0. The van der Waals surface area contributed by atoms with Crippen molar-refractivity contribution in [3.05, 3.63) is 18.2 Å². The topological polar surface area (TPSA) is 67.2 Å². The summed E-state index contributed by atoms with van der Waals surface area (Å²) in [5, 5.41) is 0. The second kappa shape index (κ2) is 6.06. The van der Waals surface area contributed by atoms with Gasteiger partial charge in [0.15, 0.2) is 0 Å². The first-order chi connectivity index (χ1) is 10.0. The number of fused-ring (bicyclic) bond motifs is 1. The van der Waals surface area contributed by atoms with Gasteiger partial charge in [0.1, 0.15) is 0 Å². The standard InChI is InChI=1S/C14H24N4O2S/c1-21(19,20)16-7-6-13-9-17(12-4-2-3-5-12)10-14-8-15-11-18(13)14/h8,11-13,16H,2-7,9-10H2,1H3/t13-/m0/s1. The van der Waals surface area contributed by atoms with Gasteiger partial charge in [-0.25, -0.2) is 18.1 Å². The van der Waals surface area contributed by atoms with Crippen molar-refractivity contribution in [2.75, 3.05) is 19.3 Å². The minimum Gasteiger partial charge on any atom is -0.329 e. The third-order valence-electron chi connectivity index (χ3n) is 4.63. The first-order valence-corrected chi connectivity index (χ1v) is 9.61. The van der Waals surface area contributed by atoms with Crippen molar-refractivity contribution in [1.29, 1.82) is 0 Å². The predicted octanol–water partition coefficient (Wildman–Crippen LogP) is 1.12. The molecule has 0 saturated heterocycles. The second-order valence-corrected chi connectivity index (χ2v) is 8.10. The lowest BCUT2D eigenvalue weighted by atomic mass is 10.1. The number of nitrogens with one attached hydrogen (secondary N) is 1. The van der Waals surface area contributed by atoms with E-state index in [4.69, 9.17) is 0 Å². The lowest BCUT2D eigenvalue weighted by Crippen LogP contribution is -2.43. The molecule has 0 radical (unpaired) electrons. The first-order valence-electron chi connectivity index (χ1n) is 7.72. The molecule has 1 atom stereocenters. The third-order valence-corrected chi connectivity index (χ3v) is 5.36. The van der Waals surface area contributed by atoms with E-state index in [0.29, 0.717) is 18.6 Å². The Kier molecular flexibility index (Phi) is 4.33. The fourth-order valence-electron chi connectivity index (χ4n) is 3.60. The minimum atomic E-state index is -3.11. The van der Waals surface area contributed by atoms with Gasteiger partial charge in [-0.05, 0) is 19.3 Å². The molecule has 1 N–H and O–H groups in total. The van der Waals surface area contributed by atoms with Crippen LogP contribution in [-0.4, -0.2) is 48.3 Å². The van der Waals surface area contributed by atoms with Gasteiger partial charge < -0.3 is 4.57 Å². The molecule has 1 saturated carbocycles. The molecule has 1 fully saturated rings. The highest BCUT2D eigenvalue weighted by Crippen LogP contribution is 2.30. The first kappa shape index (κ1) is 15.0. The fraction of sp³-hybridized carbons (Fsp3) is 0.786. The molecule has 2 aliphatic rings. The summed E-state index contributed by atoms with van der Waals surface area (Å²) in [6, 6.07) is 1.00. The minimum absolute atomic E-state index is 0.311. The van der Waals surface area contributed by atoms with E-state index in [1.54, 1.807) is 0 Å². The summed E-state index contributed by atoms with van der Waals surface area (Å²) in [5.41, 5.74) is 1.25. The van der Waals surface area contributed by atoms with Crippen LogP contribution in [0, 0.1) is 0 Å². The van der Waals surface area contributed by atoms with Gasteiger partial charge in [0.25, 0.3) is 0 Å². The molecule has 1 aromatic heterocycles. The van der Waals surface area contributed by atoms with Crippen LogP contribution in [0.4, 0.5) is 0 Å². The van der Waals surface area contributed by atoms with Gasteiger partial charge in [-0.2, -0.15) is 0 Å². The predicted molar refractivity (Wildman–Crippen MR) is 81.4 cm³/mol. The Morgan fingerprint density at radius 3 is 2.86 bits per heavy atom. The molecule has 0 unspecified atom stereocenters. The third kappa shape index (κ3) is 3.64. The Hall–Kier alpha value is -0.920. The molecule has 7 heteroatoms. The van der Waals surface area contributed by atoms with E-state index in [1.807, 2.05) is 12.5 Å². The molecule has 0 amide bonds. The number of hydrogen-bond acceptors (Lipinski definition) is 4. The van der Waals surface area contributed by atoms with Crippen molar-refractivity contribution >= 4 is 10.0 Å². The van der Waals surface area contributed by atoms with E-state index in [9.17, 15) is 8.42 Å². The Labute approximate surface area is 126 Å². The molecule has 118 valence electrons. The molecule has 0 spiro atoms. The van der Waals surface area contributed by atoms with E-state index < -0.39 is 10.0 Å². The normalized spacial score (nSPS) is 24.3. The van der Waals surface area contributed by atoms with Gasteiger partial charge in [-0.1, -0.05) is 12.8 Å². The highest BCUT2D eigenvalue weighted by molar-refractivity contribution is 7.88. The van der Waals surface area contributed by atoms with Gasteiger partial charge >= 0.3 is 0 Å². The summed E-state index contributed by atoms with van der Waals surface area (Å²) in [7, 11) is -3.11. The van der Waals surface area contributed by atoms with Crippen LogP contribution >= 0.6 is 0 Å². The quantitative estimate of drug-likeness (QED) is 0.885. The van der Waals surface area contributed by atoms with E-state index in [-0.39, 0.29) is 0 Å². The SMILES string of the molecule is CS(=O)(=O)NCC[C@H]1CN(C2CCCC2)Cc2cncn21. The molecule has 0 bridgehead atoms. The Morgan fingerprint density at radius 2 is 2.14 bits per heavy atom. The fourth-order valence-corrected chi connectivity index (χ4v) is 4.09. The molecule has 21 heavy (non-hydrogen) atoms. The van der Waals surface area contributed by atoms with Crippen LogP contribution in [0.5, 0.6) is 0 Å². The van der Waals surface area contributed by atoms with Crippen LogP contribution in [-0.2, 0) is 16.6 Å². The van der Waals surface area contributed by atoms with Crippen LogP contribution in [0.2, 0.25) is 0 Å². The summed E-state index contributed by atoms with van der Waals surface area (Å²) < 4.78 is 27.2. The van der Waals surface area contributed by atoms with Crippen molar-refractivity contribution < 1.29 is 8.42 Å². The van der Waals surface area contributed by atoms with Crippen molar-refractivity contribution in [2.24, 2.45) is 0 Å². The number of sulfonamides is 1. The average molecular weight is 312 g/mol. The van der Waals surface area contributed by atoms with Gasteiger partial charge in [0.05, 0.1) is 18.3 Å². The van der Waals surface area contributed by atoms with Gasteiger partial charge in [0.2, 0.25) is 10.0 Å². The largest absolute Gasteiger partial charge is 0.329 e. The number of nitrogens with zero attached hydrogens (tertiary/aromatic N) is 3. The molecule has 3 rings (SSSR count). The maximum atomic E-state index is 11.2. The lowest BCUT2D eigenvalue weighted by molar-refractivity contribution is 0.128. The van der Waals surface area contributed by atoms with Gasteiger partial charge in [-0.15, -0.1) is 0 Å². The van der Waals surface area contributed by atoms with E-state index in [2.05, 4.69) is 19.2 Å². The summed E-state index contributed by atoms with van der Waals surface area (Å²) in [6.45, 7) is 2.46. The van der Waals surface area contributed by atoms with Crippen LogP contribution in [0.1, 0.15) is 43.8 Å². The molecular formula is C14H24N4O2S. The smallest absolute Gasteiger partial charge is 0.208 e. The molecule has 2 heterocycles. The molecule has 6 nitrogen and oxygen atoms in total. The highest BCUT2D eigenvalue weighted by Gasteiger charge is 2.30. The number of hydrogen-bond donors (Lipinski definition) is 1. The summed E-state index contributed by atoms with van der Waals surface area (Å²) >= 11 is 0. The van der Waals surface area contributed by atoms with Crippen LogP contribution in [0.25, 0.3) is 0 Å². The molecule has 0 aromatic carbocycles. The van der Waals surface area contributed by atoms with Crippen molar-refractivity contribution in [1.82, 2.24) is 19.2 Å². The molecule has 1 aliphatic carbocycles.